The number of nitro benzene ring substituents is 1. The molecule has 6 heteroatoms. The molecule has 1 aliphatic heterocycles. The van der Waals surface area contributed by atoms with Crippen molar-refractivity contribution in [1.29, 1.82) is 0 Å². The first kappa shape index (κ1) is 20.6. The number of phenolic OH excluding ortho intramolecular Hbond substituents is 1. The lowest BCUT2D eigenvalue weighted by Crippen LogP contribution is -2.55. The van der Waals surface area contributed by atoms with Crippen LogP contribution in [-0.2, 0) is 5.41 Å². The molecular weight excluding hydrogens is 392 g/mol. The van der Waals surface area contributed by atoms with Gasteiger partial charge in [0.25, 0.3) is 5.91 Å². The van der Waals surface area contributed by atoms with E-state index in [2.05, 4.69) is 0 Å². The van der Waals surface area contributed by atoms with Crippen LogP contribution in [0, 0.1) is 10.1 Å². The number of nitro groups is 1. The van der Waals surface area contributed by atoms with Crippen molar-refractivity contribution in [3.8, 4) is 5.75 Å². The average molecular weight is 416 g/mol. The molecular formula is C25H24N2O4. The van der Waals surface area contributed by atoms with Gasteiger partial charge in [-0.15, -0.1) is 0 Å². The Kier molecular flexibility index (Phi) is 4.81. The van der Waals surface area contributed by atoms with Gasteiger partial charge in [0.1, 0.15) is 0 Å². The van der Waals surface area contributed by atoms with Gasteiger partial charge in [0.15, 0.2) is 5.75 Å². The van der Waals surface area contributed by atoms with Gasteiger partial charge in [-0.2, -0.15) is 0 Å². The first-order chi connectivity index (χ1) is 14.6. The highest BCUT2D eigenvalue weighted by Gasteiger charge is 2.49. The van der Waals surface area contributed by atoms with Crippen LogP contribution in [-0.4, -0.2) is 21.5 Å². The number of benzene rings is 3. The van der Waals surface area contributed by atoms with E-state index in [1.54, 1.807) is 29.2 Å². The minimum atomic E-state index is -0.618. The van der Waals surface area contributed by atoms with E-state index in [4.69, 9.17) is 0 Å². The third kappa shape index (κ3) is 3.34. The lowest BCUT2D eigenvalue weighted by Gasteiger charge is -2.51. The first-order valence-electron chi connectivity index (χ1n) is 10.1. The van der Waals surface area contributed by atoms with E-state index in [-0.39, 0.29) is 11.6 Å². The van der Waals surface area contributed by atoms with Crippen molar-refractivity contribution < 1.29 is 14.8 Å². The number of amides is 1. The highest BCUT2D eigenvalue weighted by molar-refractivity contribution is 6.08. The zero-order valence-corrected chi connectivity index (χ0v) is 17.7. The summed E-state index contributed by atoms with van der Waals surface area (Å²) in [5, 5.41) is 22.0. The summed E-state index contributed by atoms with van der Waals surface area (Å²) in [5.74, 6) is -0.669. The van der Waals surface area contributed by atoms with Crippen LogP contribution in [0.1, 0.15) is 48.7 Å². The van der Waals surface area contributed by atoms with Crippen LogP contribution < -0.4 is 4.90 Å². The van der Waals surface area contributed by atoms with Crippen molar-refractivity contribution in [2.24, 2.45) is 0 Å². The summed E-state index contributed by atoms with van der Waals surface area (Å²) in [5.41, 5.74) is 1.07. The van der Waals surface area contributed by atoms with Gasteiger partial charge in [0.05, 0.1) is 10.6 Å². The number of fused-ring (bicyclic) bond motifs is 1. The standard InChI is InChI=1S/C25H24N2O4/c1-24(2)16-25(3,18-12-8-5-9-13-18)19-14-21(27(30)31)22(28)15-20(19)26(24)23(29)17-10-6-4-7-11-17/h4-15,28H,16H2,1-3H3. The fourth-order valence-electron chi connectivity index (χ4n) is 4.86. The van der Waals surface area contributed by atoms with Gasteiger partial charge in [-0.05, 0) is 43.5 Å². The summed E-state index contributed by atoms with van der Waals surface area (Å²) in [6.07, 6.45) is 0.553. The van der Waals surface area contributed by atoms with Gasteiger partial charge in [-0.25, -0.2) is 0 Å². The third-order valence-corrected chi connectivity index (χ3v) is 6.15. The molecule has 0 saturated carbocycles. The van der Waals surface area contributed by atoms with Crippen molar-refractivity contribution in [3.63, 3.8) is 0 Å². The highest BCUT2D eigenvalue weighted by atomic mass is 16.6. The van der Waals surface area contributed by atoms with E-state index in [0.29, 0.717) is 23.2 Å². The largest absolute Gasteiger partial charge is 0.502 e. The monoisotopic (exact) mass is 416 g/mol. The molecule has 6 nitrogen and oxygen atoms in total. The maximum Gasteiger partial charge on any atom is 0.311 e. The molecule has 0 aromatic heterocycles. The van der Waals surface area contributed by atoms with E-state index < -0.39 is 21.6 Å². The number of phenols is 1. The Morgan fingerprint density at radius 2 is 1.58 bits per heavy atom. The molecule has 4 rings (SSSR count). The van der Waals surface area contributed by atoms with Crippen LogP contribution in [0.3, 0.4) is 0 Å². The van der Waals surface area contributed by atoms with Crippen LogP contribution in [0.2, 0.25) is 0 Å². The first-order valence-corrected chi connectivity index (χ1v) is 10.1. The Bertz CT molecular complexity index is 1160. The number of hydrogen-bond acceptors (Lipinski definition) is 4. The van der Waals surface area contributed by atoms with Gasteiger partial charge in [-0.3, -0.25) is 14.9 Å². The molecule has 1 N–H and O–H groups in total. The summed E-state index contributed by atoms with van der Waals surface area (Å²) >= 11 is 0. The Balaban J connectivity index is 2.00. The molecule has 31 heavy (non-hydrogen) atoms. The second-order valence-corrected chi connectivity index (χ2v) is 8.81. The van der Waals surface area contributed by atoms with Crippen molar-refractivity contribution in [2.45, 2.75) is 38.1 Å². The Hall–Kier alpha value is -3.67. The van der Waals surface area contributed by atoms with E-state index >= 15 is 0 Å². The number of nitrogens with zero attached hydrogens (tertiary/aromatic N) is 2. The summed E-state index contributed by atoms with van der Waals surface area (Å²) < 4.78 is 0. The number of hydrogen-bond donors (Lipinski definition) is 1. The number of anilines is 1. The topological polar surface area (TPSA) is 83.7 Å². The zero-order chi connectivity index (χ0) is 22.4. The number of rotatable bonds is 3. The second-order valence-electron chi connectivity index (χ2n) is 8.81. The van der Waals surface area contributed by atoms with Crippen molar-refractivity contribution in [3.05, 3.63) is 99.6 Å². The van der Waals surface area contributed by atoms with Gasteiger partial charge in [0.2, 0.25) is 0 Å². The Morgan fingerprint density at radius 1 is 1.00 bits per heavy atom. The van der Waals surface area contributed by atoms with Crippen LogP contribution in [0.15, 0.2) is 72.8 Å². The van der Waals surface area contributed by atoms with E-state index in [9.17, 15) is 20.0 Å². The fraction of sp³-hybridized carbons (Fsp3) is 0.240. The predicted octanol–water partition coefficient (Wildman–Crippen LogP) is 5.44. The van der Waals surface area contributed by atoms with Crippen LogP contribution in [0.5, 0.6) is 5.75 Å². The quantitative estimate of drug-likeness (QED) is 0.455. The maximum absolute atomic E-state index is 13.6. The normalized spacial score (nSPS) is 19.5. The zero-order valence-electron chi connectivity index (χ0n) is 17.7. The van der Waals surface area contributed by atoms with E-state index in [1.165, 1.54) is 12.1 Å². The Labute approximate surface area is 180 Å². The van der Waals surface area contributed by atoms with Crippen molar-refractivity contribution in [1.82, 2.24) is 0 Å². The van der Waals surface area contributed by atoms with E-state index in [1.807, 2.05) is 57.2 Å². The molecule has 0 aliphatic carbocycles. The van der Waals surface area contributed by atoms with Crippen LogP contribution in [0.4, 0.5) is 11.4 Å². The van der Waals surface area contributed by atoms with Crippen molar-refractivity contribution >= 4 is 17.3 Å². The predicted molar refractivity (Wildman–Crippen MR) is 120 cm³/mol. The molecule has 1 atom stereocenters. The molecule has 0 fully saturated rings. The maximum atomic E-state index is 13.6. The molecule has 1 aliphatic rings. The Morgan fingerprint density at radius 3 is 2.16 bits per heavy atom. The van der Waals surface area contributed by atoms with Crippen molar-refractivity contribution in [2.75, 3.05) is 4.90 Å². The van der Waals surface area contributed by atoms with Crippen LogP contribution in [0.25, 0.3) is 0 Å². The van der Waals surface area contributed by atoms with Gasteiger partial charge < -0.3 is 10.0 Å². The average Bonchev–Trinajstić information content (AvgIpc) is 2.73. The van der Waals surface area contributed by atoms with Gasteiger partial charge in [-0.1, -0.05) is 55.5 Å². The SMILES string of the molecule is CC1(c2ccccc2)CC(C)(C)N(C(=O)c2ccccc2)c2cc(O)c([N+](=O)[O-])cc21. The summed E-state index contributed by atoms with van der Waals surface area (Å²) in [4.78, 5) is 26.2. The molecule has 0 saturated heterocycles. The summed E-state index contributed by atoms with van der Waals surface area (Å²) in [7, 11) is 0. The van der Waals surface area contributed by atoms with E-state index in [0.717, 1.165) is 5.56 Å². The van der Waals surface area contributed by atoms with Gasteiger partial charge in [0, 0.05) is 28.7 Å². The molecule has 0 radical (unpaired) electrons. The smallest absolute Gasteiger partial charge is 0.311 e. The number of aromatic hydroxyl groups is 1. The van der Waals surface area contributed by atoms with Gasteiger partial charge >= 0.3 is 5.69 Å². The molecule has 0 spiro atoms. The molecule has 0 bridgehead atoms. The second kappa shape index (κ2) is 7.23. The lowest BCUT2D eigenvalue weighted by atomic mass is 9.65. The molecule has 158 valence electrons. The number of carbonyl (C=O) groups excluding carboxylic acids is 1. The third-order valence-electron chi connectivity index (χ3n) is 6.15. The molecule has 3 aromatic carbocycles. The lowest BCUT2D eigenvalue weighted by molar-refractivity contribution is -0.386. The minimum absolute atomic E-state index is 0.213. The summed E-state index contributed by atoms with van der Waals surface area (Å²) in [6.45, 7) is 6.00. The fourth-order valence-corrected chi connectivity index (χ4v) is 4.86. The number of carbonyl (C=O) groups is 1. The molecule has 1 heterocycles. The molecule has 1 amide bonds. The highest BCUT2D eigenvalue weighted by Crippen LogP contribution is 2.53. The van der Waals surface area contributed by atoms with Crippen LogP contribution >= 0.6 is 0 Å². The summed E-state index contributed by atoms with van der Waals surface area (Å²) in [6, 6.07) is 21.5. The minimum Gasteiger partial charge on any atom is -0.502 e. The molecule has 1 unspecified atom stereocenters. The molecule has 3 aromatic rings.